The zero-order chi connectivity index (χ0) is 18.3. The zero-order valence-corrected chi connectivity index (χ0v) is 17.3. The van der Waals surface area contributed by atoms with Crippen molar-refractivity contribution in [1.29, 1.82) is 0 Å². The van der Waals surface area contributed by atoms with Crippen molar-refractivity contribution in [3.63, 3.8) is 0 Å². The Morgan fingerprint density at radius 1 is 0.960 bits per heavy atom. The van der Waals surface area contributed by atoms with Gasteiger partial charge in [-0.2, -0.15) is 0 Å². The molecule has 0 aromatic carbocycles. The molecular weight excluding hydrogens is 324 g/mol. The lowest BCUT2D eigenvalue weighted by molar-refractivity contribution is -0.104. The first-order valence-electron chi connectivity index (χ1n) is 10.6. The van der Waals surface area contributed by atoms with Crippen LogP contribution < -0.4 is 0 Å². The number of thiocarbonyl (C=S) groups is 1. The molecule has 0 spiro atoms. The first-order valence-corrected chi connectivity index (χ1v) is 11.0. The van der Waals surface area contributed by atoms with E-state index in [0.717, 1.165) is 23.5 Å². The van der Waals surface area contributed by atoms with Crippen molar-refractivity contribution in [2.75, 3.05) is 0 Å². The van der Waals surface area contributed by atoms with Gasteiger partial charge in [-0.05, 0) is 12.3 Å². The minimum absolute atomic E-state index is 0.288. The second-order valence-electron chi connectivity index (χ2n) is 7.60. The van der Waals surface area contributed by atoms with Gasteiger partial charge in [0.2, 0.25) is 0 Å². The van der Waals surface area contributed by atoms with Crippen molar-refractivity contribution in [2.45, 2.75) is 97.3 Å². The summed E-state index contributed by atoms with van der Waals surface area (Å²) in [5.74, 6) is 1.04. The molecule has 0 aromatic heterocycles. The van der Waals surface area contributed by atoms with Crippen molar-refractivity contribution < 1.29 is 4.79 Å². The maximum absolute atomic E-state index is 11.2. The van der Waals surface area contributed by atoms with Crippen molar-refractivity contribution in [3.8, 4) is 0 Å². The van der Waals surface area contributed by atoms with Gasteiger partial charge in [-0.3, -0.25) is 4.79 Å². The van der Waals surface area contributed by atoms with Crippen LogP contribution in [-0.4, -0.2) is 11.2 Å². The number of carbonyl (C=O) groups is 1. The number of allylic oxidation sites excluding steroid dienone is 4. The van der Waals surface area contributed by atoms with Crippen LogP contribution in [0.3, 0.4) is 0 Å². The van der Waals surface area contributed by atoms with Gasteiger partial charge in [0.15, 0.2) is 6.29 Å². The highest BCUT2D eigenvalue weighted by atomic mass is 32.1. The van der Waals surface area contributed by atoms with E-state index in [4.69, 9.17) is 12.2 Å². The number of aldehydes is 1. The predicted molar refractivity (Wildman–Crippen MR) is 114 cm³/mol. The van der Waals surface area contributed by atoms with Gasteiger partial charge >= 0.3 is 0 Å². The number of carbonyl (C=O) groups excluding carboxylic acids is 1. The maximum Gasteiger partial charge on any atom is 0.151 e. The zero-order valence-electron chi connectivity index (χ0n) is 16.5. The van der Waals surface area contributed by atoms with Crippen LogP contribution >= 0.6 is 12.2 Å². The van der Waals surface area contributed by atoms with Crippen molar-refractivity contribution in [3.05, 3.63) is 23.8 Å². The molecule has 2 atom stereocenters. The van der Waals surface area contributed by atoms with Gasteiger partial charge in [0.25, 0.3) is 0 Å². The molecule has 0 N–H and O–H groups in total. The smallest absolute Gasteiger partial charge is 0.151 e. The molecule has 142 valence electrons. The molecule has 0 aliphatic heterocycles. The summed E-state index contributed by atoms with van der Waals surface area (Å²) in [7, 11) is 0. The minimum atomic E-state index is 0.288. The Kier molecular flexibility index (Phi) is 12.8. The van der Waals surface area contributed by atoms with Gasteiger partial charge in [-0.1, -0.05) is 121 Å². The average molecular weight is 363 g/mol. The third-order valence-electron chi connectivity index (χ3n) is 5.39. The summed E-state index contributed by atoms with van der Waals surface area (Å²) in [6.07, 6.45) is 24.3. The number of hydrogen-bond acceptors (Lipinski definition) is 2. The molecule has 1 aliphatic carbocycles. The number of unbranched alkanes of at least 4 members (excludes halogenated alkanes) is 8. The van der Waals surface area contributed by atoms with Gasteiger partial charge in [0.1, 0.15) is 0 Å². The van der Waals surface area contributed by atoms with Gasteiger partial charge in [0, 0.05) is 16.4 Å². The molecule has 0 aromatic rings. The number of hydrogen-bond donors (Lipinski definition) is 0. The first-order chi connectivity index (χ1) is 12.2. The van der Waals surface area contributed by atoms with Crippen molar-refractivity contribution in [2.24, 2.45) is 11.8 Å². The Balaban J connectivity index is 2.44. The molecule has 1 nitrogen and oxygen atoms in total. The molecule has 0 bridgehead atoms. The second kappa shape index (κ2) is 14.4. The summed E-state index contributed by atoms with van der Waals surface area (Å²) < 4.78 is 0. The van der Waals surface area contributed by atoms with Crippen LogP contribution in [0.1, 0.15) is 97.3 Å². The molecule has 2 heteroatoms. The fraction of sp³-hybridized carbons (Fsp3) is 0.739. The maximum atomic E-state index is 11.2. The molecule has 0 radical (unpaired) electrons. The molecule has 1 rings (SSSR count). The standard InChI is InChI=1S/C23H38OS/c1-3-5-7-9-10-12-15-20(14-11-8-6-4-2)18-21-16-13-17-22(19-24)23(21)25/h13,16-17,19-21H,3-12,14-15,18H2,1-2H3. The summed E-state index contributed by atoms with van der Waals surface area (Å²) >= 11 is 5.55. The van der Waals surface area contributed by atoms with Crippen molar-refractivity contribution in [1.82, 2.24) is 0 Å². The topological polar surface area (TPSA) is 17.1 Å². The Hall–Kier alpha value is -0.760. The van der Waals surface area contributed by atoms with Gasteiger partial charge in [-0.25, -0.2) is 0 Å². The monoisotopic (exact) mass is 362 g/mol. The van der Waals surface area contributed by atoms with E-state index in [0.29, 0.717) is 5.57 Å². The summed E-state index contributed by atoms with van der Waals surface area (Å²) in [6, 6.07) is 0. The molecule has 2 unspecified atom stereocenters. The van der Waals surface area contributed by atoms with Crippen LogP contribution in [0.25, 0.3) is 0 Å². The van der Waals surface area contributed by atoms with E-state index in [9.17, 15) is 4.79 Å². The van der Waals surface area contributed by atoms with E-state index in [1.165, 1.54) is 77.0 Å². The quantitative estimate of drug-likeness (QED) is 0.171. The molecule has 0 heterocycles. The van der Waals surface area contributed by atoms with Gasteiger partial charge in [0.05, 0.1) is 0 Å². The van der Waals surface area contributed by atoms with Gasteiger partial charge in [-0.15, -0.1) is 0 Å². The Bertz CT molecular complexity index is 435. The molecule has 1 aliphatic rings. The predicted octanol–water partition coefficient (Wildman–Crippen LogP) is 7.39. The molecule has 0 saturated heterocycles. The molecule has 25 heavy (non-hydrogen) atoms. The van der Waals surface area contributed by atoms with Crippen LogP contribution in [-0.2, 0) is 4.79 Å². The van der Waals surface area contributed by atoms with E-state index in [1.807, 2.05) is 12.2 Å². The molecule has 0 fully saturated rings. The van der Waals surface area contributed by atoms with E-state index >= 15 is 0 Å². The molecule has 0 amide bonds. The van der Waals surface area contributed by atoms with Gasteiger partial charge < -0.3 is 0 Å². The summed E-state index contributed by atoms with van der Waals surface area (Å²) in [5, 5.41) is 0. The fourth-order valence-corrected chi connectivity index (χ4v) is 4.06. The Labute approximate surface area is 161 Å². The second-order valence-corrected chi connectivity index (χ2v) is 8.04. The highest BCUT2D eigenvalue weighted by Crippen LogP contribution is 2.29. The lowest BCUT2D eigenvalue weighted by Gasteiger charge is -2.24. The van der Waals surface area contributed by atoms with Crippen LogP contribution in [0.2, 0.25) is 0 Å². The Morgan fingerprint density at radius 3 is 2.12 bits per heavy atom. The highest BCUT2D eigenvalue weighted by Gasteiger charge is 2.21. The summed E-state index contributed by atoms with van der Waals surface area (Å²) in [6.45, 7) is 4.54. The fourth-order valence-electron chi connectivity index (χ4n) is 3.77. The molecular formula is C23H38OS. The molecule has 0 saturated carbocycles. The SMILES string of the molecule is CCCCCCCCC(CCCCCC)CC1C=CC=C(C=O)C1=S. The van der Waals surface area contributed by atoms with Crippen LogP contribution in [0.5, 0.6) is 0 Å². The summed E-state index contributed by atoms with van der Waals surface area (Å²) in [5.41, 5.74) is 0.715. The highest BCUT2D eigenvalue weighted by molar-refractivity contribution is 7.81. The first kappa shape index (κ1) is 22.3. The van der Waals surface area contributed by atoms with E-state index in [1.54, 1.807) is 0 Å². The largest absolute Gasteiger partial charge is 0.298 e. The van der Waals surface area contributed by atoms with Crippen LogP contribution in [0.4, 0.5) is 0 Å². The number of rotatable bonds is 15. The average Bonchev–Trinajstić information content (AvgIpc) is 2.63. The Morgan fingerprint density at radius 2 is 1.52 bits per heavy atom. The summed E-state index contributed by atoms with van der Waals surface area (Å²) in [4.78, 5) is 12.0. The van der Waals surface area contributed by atoms with E-state index < -0.39 is 0 Å². The lowest BCUT2D eigenvalue weighted by atomic mass is 9.82. The van der Waals surface area contributed by atoms with Crippen LogP contribution in [0, 0.1) is 11.8 Å². The van der Waals surface area contributed by atoms with Crippen LogP contribution in [0.15, 0.2) is 23.8 Å². The third-order valence-corrected chi connectivity index (χ3v) is 5.93. The third kappa shape index (κ3) is 9.49. The lowest BCUT2D eigenvalue weighted by Crippen LogP contribution is -2.19. The van der Waals surface area contributed by atoms with Crippen molar-refractivity contribution >= 4 is 23.4 Å². The normalized spacial score (nSPS) is 18.2. The van der Waals surface area contributed by atoms with E-state index in [2.05, 4.69) is 19.9 Å². The minimum Gasteiger partial charge on any atom is -0.298 e. The van der Waals surface area contributed by atoms with E-state index in [-0.39, 0.29) is 5.92 Å².